The smallest absolute Gasteiger partial charge is 0.143 e. The van der Waals surface area contributed by atoms with E-state index < -0.39 is 0 Å². The van der Waals surface area contributed by atoms with Crippen molar-refractivity contribution >= 4 is 23.3 Å². The molecule has 0 aromatic rings. The lowest BCUT2D eigenvalue weighted by molar-refractivity contribution is -0.127. The largest absolute Gasteiger partial charge is 0.299 e. The van der Waals surface area contributed by atoms with Crippen molar-refractivity contribution in [3.8, 4) is 0 Å². The van der Waals surface area contributed by atoms with E-state index >= 15 is 0 Å². The van der Waals surface area contributed by atoms with Crippen LogP contribution >= 0.6 is 11.8 Å². The summed E-state index contributed by atoms with van der Waals surface area (Å²) in [7, 11) is 0. The third kappa shape index (κ3) is 1.81. The minimum Gasteiger partial charge on any atom is -0.299 e. The molecule has 2 fully saturated rings. The number of Topliss-reactive ketones (excluding diaryl/α,β-unsaturated/α-hetero) is 2. The molecule has 0 amide bonds. The van der Waals surface area contributed by atoms with E-state index in [4.69, 9.17) is 0 Å². The molecule has 5 aliphatic carbocycles. The Bertz CT molecular complexity index is 831. The van der Waals surface area contributed by atoms with Crippen LogP contribution in [0.5, 0.6) is 0 Å². The van der Waals surface area contributed by atoms with Crippen molar-refractivity contribution in [2.24, 2.45) is 16.2 Å². The molecule has 2 saturated carbocycles. The van der Waals surface area contributed by atoms with Crippen LogP contribution in [0.4, 0.5) is 0 Å². The number of carbonyl (C=O) groups excluding carboxylic acids is 2. The van der Waals surface area contributed by atoms with Gasteiger partial charge in [0, 0.05) is 29.9 Å². The van der Waals surface area contributed by atoms with Crippen molar-refractivity contribution in [3.05, 3.63) is 34.4 Å². The van der Waals surface area contributed by atoms with E-state index in [0.29, 0.717) is 29.7 Å². The lowest BCUT2D eigenvalue weighted by Gasteiger charge is -2.51. The molecule has 26 heavy (non-hydrogen) atoms. The molecule has 0 N–H and O–H groups in total. The fourth-order valence-corrected chi connectivity index (χ4v) is 7.72. The highest BCUT2D eigenvalue weighted by molar-refractivity contribution is 7.99. The van der Waals surface area contributed by atoms with E-state index in [9.17, 15) is 9.59 Å². The number of thioether (sulfide) groups is 1. The number of carbonyl (C=O) groups is 2. The second kappa shape index (κ2) is 5.25. The van der Waals surface area contributed by atoms with Crippen molar-refractivity contribution in [2.45, 2.75) is 70.5 Å². The quantitative estimate of drug-likeness (QED) is 0.597. The molecule has 2 unspecified atom stereocenters. The predicted molar refractivity (Wildman–Crippen MR) is 106 cm³/mol. The fraction of sp³-hybridized carbons (Fsp3) is 0.652. The maximum Gasteiger partial charge on any atom is 0.143 e. The Hall–Kier alpha value is -1.09. The maximum atomic E-state index is 13.2. The Morgan fingerprint density at radius 3 is 2.65 bits per heavy atom. The van der Waals surface area contributed by atoms with E-state index in [1.165, 1.54) is 16.7 Å². The van der Waals surface area contributed by atoms with Crippen LogP contribution in [0.3, 0.4) is 0 Å². The minimum absolute atomic E-state index is 0.0402. The molecule has 0 heterocycles. The van der Waals surface area contributed by atoms with E-state index in [-0.39, 0.29) is 16.2 Å². The predicted octanol–water partition coefficient (Wildman–Crippen LogP) is 5.19. The van der Waals surface area contributed by atoms with Crippen LogP contribution in [-0.4, -0.2) is 23.1 Å². The average Bonchev–Trinajstić information content (AvgIpc) is 3.06. The number of rotatable bonds is 1. The zero-order valence-electron chi connectivity index (χ0n) is 16.1. The number of fused-ring (bicyclic) bond motifs is 3. The summed E-state index contributed by atoms with van der Waals surface area (Å²) in [4.78, 5) is 25.3. The summed E-state index contributed by atoms with van der Waals surface area (Å²) in [5, 5.41) is 0.304. The summed E-state index contributed by atoms with van der Waals surface area (Å²) in [6.07, 6.45) is 14.1. The standard InChI is InChI=1S/C23H28O2S/c1-21-8-5-17-20-16(6-11-23(17,21)19(25)7-9-21)22(2)10-4-15(24)12-14(22)13-18(20)26-3/h5,13,18H,4,6-12H2,1-3H3/t18-,21+,22?,23?/m1/s1. The molecule has 0 aromatic heterocycles. The second-order valence-electron chi connectivity index (χ2n) is 9.50. The van der Waals surface area contributed by atoms with Gasteiger partial charge in [0.25, 0.3) is 0 Å². The third-order valence-electron chi connectivity index (χ3n) is 8.55. The van der Waals surface area contributed by atoms with Crippen LogP contribution in [0.25, 0.3) is 0 Å². The molecule has 138 valence electrons. The highest BCUT2D eigenvalue weighted by atomic mass is 32.2. The van der Waals surface area contributed by atoms with Crippen molar-refractivity contribution in [2.75, 3.05) is 6.26 Å². The van der Waals surface area contributed by atoms with Gasteiger partial charge in [-0.2, -0.15) is 11.8 Å². The molecule has 0 bridgehead atoms. The molecule has 1 spiro atoms. The lowest BCUT2D eigenvalue weighted by Crippen LogP contribution is -2.45. The van der Waals surface area contributed by atoms with Crippen molar-refractivity contribution in [1.82, 2.24) is 0 Å². The van der Waals surface area contributed by atoms with Crippen LogP contribution < -0.4 is 0 Å². The zero-order chi connectivity index (χ0) is 18.3. The lowest BCUT2D eigenvalue weighted by atomic mass is 9.53. The Kier molecular flexibility index (Phi) is 3.44. The number of ketones is 2. The topological polar surface area (TPSA) is 34.1 Å². The van der Waals surface area contributed by atoms with E-state index in [0.717, 1.165) is 38.5 Å². The molecule has 4 atom stereocenters. The highest BCUT2D eigenvalue weighted by Gasteiger charge is 2.64. The van der Waals surface area contributed by atoms with Crippen LogP contribution in [0.1, 0.15) is 65.2 Å². The summed E-state index contributed by atoms with van der Waals surface area (Å²) < 4.78 is 0. The first kappa shape index (κ1) is 17.0. The van der Waals surface area contributed by atoms with Crippen molar-refractivity contribution in [3.63, 3.8) is 0 Å². The first-order valence-electron chi connectivity index (χ1n) is 10.1. The molecule has 5 aliphatic rings. The van der Waals surface area contributed by atoms with E-state index in [2.05, 4.69) is 32.3 Å². The van der Waals surface area contributed by atoms with Crippen molar-refractivity contribution < 1.29 is 9.59 Å². The Morgan fingerprint density at radius 2 is 1.88 bits per heavy atom. The Labute approximate surface area is 160 Å². The van der Waals surface area contributed by atoms with Gasteiger partial charge in [0.05, 0.1) is 5.41 Å². The van der Waals surface area contributed by atoms with Gasteiger partial charge in [-0.25, -0.2) is 0 Å². The summed E-state index contributed by atoms with van der Waals surface area (Å²) in [5.41, 5.74) is 5.73. The van der Waals surface area contributed by atoms with Gasteiger partial charge in [-0.05, 0) is 54.9 Å². The van der Waals surface area contributed by atoms with Gasteiger partial charge in [0.2, 0.25) is 0 Å². The Balaban J connectivity index is 1.69. The molecule has 3 heteroatoms. The molecule has 2 nitrogen and oxygen atoms in total. The molecular formula is C23H28O2S. The first-order valence-corrected chi connectivity index (χ1v) is 11.4. The second-order valence-corrected chi connectivity index (χ2v) is 10.5. The van der Waals surface area contributed by atoms with Crippen LogP contribution in [0, 0.1) is 16.2 Å². The van der Waals surface area contributed by atoms with E-state index in [1.54, 1.807) is 5.57 Å². The third-order valence-corrected chi connectivity index (χ3v) is 9.43. The molecule has 0 aliphatic heterocycles. The van der Waals surface area contributed by atoms with E-state index in [1.807, 2.05) is 11.8 Å². The molecular weight excluding hydrogens is 340 g/mol. The van der Waals surface area contributed by atoms with Crippen LogP contribution in [0.15, 0.2) is 34.4 Å². The molecule has 0 aromatic carbocycles. The summed E-state index contributed by atoms with van der Waals surface area (Å²) >= 11 is 1.87. The summed E-state index contributed by atoms with van der Waals surface area (Å²) in [6, 6.07) is 0. The van der Waals surface area contributed by atoms with Gasteiger partial charge in [0.15, 0.2) is 0 Å². The van der Waals surface area contributed by atoms with Gasteiger partial charge in [-0.1, -0.05) is 37.1 Å². The van der Waals surface area contributed by atoms with Crippen molar-refractivity contribution in [1.29, 1.82) is 0 Å². The Morgan fingerprint density at radius 1 is 1.08 bits per heavy atom. The number of hydrogen-bond donors (Lipinski definition) is 0. The van der Waals surface area contributed by atoms with Crippen LogP contribution in [0.2, 0.25) is 0 Å². The van der Waals surface area contributed by atoms with Gasteiger partial charge in [-0.15, -0.1) is 0 Å². The number of hydrogen-bond acceptors (Lipinski definition) is 3. The molecule has 0 radical (unpaired) electrons. The van der Waals surface area contributed by atoms with Gasteiger partial charge < -0.3 is 0 Å². The summed E-state index contributed by atoms with van der Waals surface area (Å²) in [5.74, 6) is 0.887. The SMILES string of the molecule is CS[C@@H]1C=C2CC(=O)CCC2(C)C2=C1C1=CC[C@@]3(C)CCC(=O)C13CC2. The van der Waals surface area contributed by atoms with Gasteiger partial charge in [-0.3, -0.25) is 9.59 Å². The van der Waals surface area contributed by atoms with Gasteiger partial charge in [0.1, 0.15) is 11.6 Å². The first-order chi connectivity index (χ1) is 12.4. The molecule has 0 saturated heterocycles. The zero-order valence-corrected chi connectivity index (χ0v) is 16.9. The average molecular weight is 369 g/mol. The fourth-order valence-electron chi connectivity index (χ4n) is 6.91. The normalized spacial score (nSPS) is 44.2. The van der Waals surface area contributed by atoms with Crippen LogP contribution in [-0.2, 0) is 9.59 Å². The van der Waals surface area contributed by atoms with Gasteiger partial charge >= 0.3 is 0 Å². The highest BCUT2D eigenvalue weighted by Crippen LogP contribution is 2.70. The minimum atomic E-state index is -0.216. The monoisotopic (exact) mass is 368 g/mol. The maximum absolute atomic E-state index is 13.2. The molecule has 5 rings (SSSR count). The number of allylic oxidation sites excluding steroid dienone is 4. The summed E-state index contributed by atoms with van der Waals surface area (Å²) in [6.45, 7) is 4.71.